The van der Waals surface area contributed by atoms with E-state index in [1.165, 1.54) is 6.92 Å². The van der Waals surface area contributed by atoms with Gasteiger partial charge in [-0.15, -0.1) is 0 Å². The molecule has 0 unspecified atom stereocenters. The van der Waals surface area contributed by atoms with Crippen molar-refractivity contribution in [3.8, 4) is 0 Å². The monoisotopic (exact) mass is 496 g/mol. The van der Waals surface area contributed by atoms with Crippen molar-refractivity contribution in [3.63, 3.8) is 0 Å². The number of carboxylic acid groups (broad SMARTS) is 1. The predicted molar refractivity (Wildman–Crippen MR) is 145 cm³/mol. The van der Waals surface area contributed by atoms with Gasteiger partial charge in [0.1, 0.15) is 0 Å². The molecule has 188 valence electrons. The first-order chi connectivity index (χ1) is 16.7. The Morgan fingerprint density at radius 1 is 1.06 bits per heavy atom. The lowest BCUT2D eigenvalue weighted by Crippen LogP contribution is -2.21. The number of hydrogen-bond acceptors (Lipinski definition) is 5. The smallest absolute Gasteiger partial charge is 0.303 e. The minimum absolute atomic E-state index is 0.0572. The molecule has 0 saturated heterocycles. The van der Waals surface area contributed by atoms with Gasteiger partial charge in [0.15, 0.2) is 0 Å². The van der Waals surface area contributed by atoms with E-state index in [0.29, 0.717) is 6.42 Å². The van der Waals surface area contributed by atoms with E-state index in [-0.39, 0.29) is 17.7 Å². The van der Waals surface area contributed by atoms with Crippen LogP contribution < -0.4 is 10.2 Å². The number of aliphatic carboxylic acids is 1. The Labute approximate surface area is 213 Å². The molecule has 0 aliphatic rings. The van der Waals surface area contributed by atoms with Gasteiger partial charge in [-0.3, -0.25) is 14.5 Å². The molecule has 0 spiro atoms. The van der Waals surface area contributed by atoms with Crippen LogP contribution in [-0.4, -0.2) is 28.1 Å². The van der Waals surface area contributed by atoms with Gasteiger partial charge in [-0.25, -0.2) is 0 Å². The highest BCUT2D eigenvalue weighted by atomic mass is 32.2. The fourth-order valence-corrected chi connectivity index (χ4v) is 4.04. The Kier molecular flexibility index (Phi) is 11.6. The summed E-state index contributed by atoms with van der Waals surface area (Å²) in [5.41, 5.74) is 2.73. The van der Waals surface area contributed by atoms with Crippen LogP contribution in [-0.2, 0) is 15.0 Å². The summed E-state index contributed by atoms with van der Waals surface area (Å²) in [6.07, 6.45) is 11.0. The number of rotatable bonds is 14. The molecule has 6 nitrogen and oxygen atoms in total. The lowest BCUT2D eigenvalue weighted by molar-refractivity contribution is -0.137. The van der Waals surface area contributed by atoms with Crippen molar-refractivity contribution in [3.05, 3.63) is 78.5 Å². The topological polar surface area (TPSA) is 89.9 Å². The fourth-order valence-electron chi connectivity index (χ4n) is 3.74. The number of carbonyl (C=O) groups is 2. The molecule has 35 heavy (non-hydrogen) atoms. The van der Waals surface area contributed by atoms with Gasteiger partial charge in [-0.05, 0) is 66.6 Å². The first-order valence-corrected chi connectivity index (χ1v) is 12.6. The van der Waals surface area contributed by atoms with E-state index in [1.54, 1.807) is 11.1 Å². The van der Waals surface area contributed by atoms with Crippen LogP contribution in [0.15, 0.2) is 77.9 Å². The van der Waals surface area contributed by atoms with Crippen molar-refractivity contribution in [2.24, 2.45) is 0 Å². The second-order valence-electron chi connectivity index (χ2n) is 9.01. The lowest BCUT2D eigenvalue weighted by Gasteiger charge is -2.27. The number of para-hydroxylation sites is 1. The van der Waals surface area contributed by atoms with Crippen LogP contribution in [0.25, 0.3) is 0 Å². The summed E-state index contributed by atoms with van der Waals surface area (Å²) in [6, 6.07) is 15.4. The Bertz CT molecular complexity index is 1020. The van der Waals surface area contributed by atoms with Crippen LogP contribution in [0.2, 0.25) is 0 Å². The zero-order chi connectivity index (χ0) is 25.7. The molecular weight excluding hydrogens is 460 g/mol. The zero-order valence-electron chi connectivity index (χ0n) is 20.7. The number of nitrogens with one attached hydrogen (secondary N) is 1. The second kappa shape index (κ2) is 14.4. The standard InChI is InChI=1S/C28H36N2O4S/c1-22(31)30(23-13-7-4-8-14-23)20-12-6-10-18-28(2,3)25-21-24(35-34)16-17-26(25)29-19-11-5-9-15-27(32)33/h4,6-8,10,12-14,16-17,20-21,29,34H,5,9,11,15,18-19H2,1-3H3,(H,32,33)/b10-6+,20-12+. The predicted octanol–water partition coefficient (Wildman–Crippen LogP) is 7.10. The number of hydrogen-bond donors (Lipinski definition) is 3. The third-order valence-corrected chi connectivity index (χ3v) is 6.16. The molecule has 3 N–H and O–H groups in total. The van der Waals surface area contributed by atoms with Crippen molar-refractivity contribution in [2.75, 3.05) is 16.8 Å². The maximum absolute atomic E-state index is 12.0. The van der Waals surface area contributed by atoms with Gasteiger partial charge in [-0.1, -0.05) is 50.6 Å². The maximum Gasteiger partial charge on any atom is 0.303 e. The molecular formula is C28H36N2O4S. The molecule has 1 amide bonds. The van der Waals surface area contributed by atoms with Crippen LogP contribution in [0.4, 0.5) is 11.4 Å². The first kappa shape index (κ1) is 28.2. The molecule has 7 heteroatoms. The average molecular weight is 497 g/mol. The van der Waals surface area contributed by atoms with Crippen molar-refractivity contribution in [1.82, 2.24) is 0 Å². The molecule has 0 aromatic heterocycles. The Morgan fingerprint density at radius 3 is 2.46 bits per heavy atom. The summed E-state index contributed by atoms with van der Waals surface area (Å²) >= 11 is 0.731. The third-order valence-electron chi connectivity index (χ3n) is 5.69. The van der Waals surface area contributed by atoms with Crippen molar-refractivity contribution < 1.29 is 19.2 Å². The molecule has 2 rings (SSSR count). The summed E-state index contributed by atoms with van der Waals surface area (Å²) < 4.78 is 9.57. The summed E-state index contributed by atoms with van der Waals surface area (Å²) in [5.74, 6) is -0.811. The van der Waals surface area contributed by atoms with E-state index in [2.05, 4.69) is 25.2 Å². The third kappa shape index (κ3) is 9.62. The number of carboxylic acids is 1. The first-order valence-electron chi connectivity index (χ1n) is 11.8. The van der Waals surface area contributed by atoms with Gasteiger partial charge in [0, 0.05) is 54.4 Å². The summed E-state index contributed by atoms with van der Waals surface area (Å²) in [5, 5.41) is 12.3. The molecule has 0 aliphatic heterocycles. The zero-order valence-corrected chi connectivity index (χ0v) is 21.6. The van der Waals surface area contributed by atoms with Crippen LogP contribution >= 0.6 is 12.0 Å². The quantitative estimate of drug-likeness (QED) is 0.147. The van der Waals surface area contributed by atoms with E-state index in [1.807, 2.05) is 60.7 Å². The van der Waals surface area contributed by atoms with Gasteiger partial charge >= 0.3 is 5.97 Å². The lowest BCUT2D eigenvalue weighted by atomic mass is 9.80. The molecule has 2 aromatic rings. The normalized spacial score (nSPS) is 11.8. The van der Waals surface area contributed by atoms with E-state index >= 15 is 0 Å². The largest absolute Gasteiger partial charge is 0.481 e. The fraction of sp³-hybridized carbons (Fsp3) is 0.357. The van der Waals surface area contributed by atoms with E-state index < -0.39 is 5.97 Å². The van der Waals surface area contributed by atoms with Gasteiger partial charge in [0.05, 0.1) is 0 Å². The average Bonchev–Trinajstić information content (AvgIpc) is 2.83. The van der Waals surface area contributed by atoms with Crippen LogP contribution in [0.1, 0.15) is 58.4 Å². The number of benzene rings is 2. The number of amides is 1. The van der Waals surface area contributed by atoms with E-state index in [9.17, 15) is 14.1 Å². The molecule has 0 saturated carbocycles. The minimum atomic E-state index is -0.754. The number of nitrogens with zero attached hydrogens (tertiary/aromatic N) is 1. The second-order valence-corrected chi connectivity index (χ2v) is 9.67. The van der Waals surface area contributed by atoms with Crippen molar-refractivity contribution >= 4 is 35.3 Å². The highest BCUT2D eigenvalue weighted by molar-refractivity contribution is 7.93. The van der Waals surface area contributed by atoms with Crippen molar-refractivity contribution in [2.45, 2.75) is 63.2 Å². The van der Waals surface area contributed by atoms with Crippen LogP contribution in [0.3, 0.4) is 0 Å². The van der Waals surface area contributed by atoms with Crippen LogP contribution in [0, 0.1) is 0 Å². The molecule has 0 heterocycles. The maximum atomic E-state index is 12.0. The number of anilines is 2. The minimum Gasteiger partial charge on any atom is -0.481 e. The molecule has 0 bridgehead atoms. The van der Waals surface area contributed by atoms with Gasteiger partial charge in [0.25, 0.3) is 0 Å². The highest BCUT2D eigenvalue weighted by Gasteiger charge is 2.23. The van der Waals surface area contributed by atoms with E-state index in [0.717, 1.165) is 59.7 Å². The molecule has 0 atom stereocenters. The Balaban J connectivity index is 2.04. The number of carbonyl (C=O) groups excluding carboxylic acids is 1. The molecule has 0 fully saturated rings. The molecule has 0 aliphatic carbocycles. The van der Waals surface area contributed by atoms with E-state index in [4.69, 9.17) is 5.11 Å². The van der Waals surface area contributed by atoms with Gasteiger partial charge in [0.2, 0.25) is 5.91 Å². The van der Waals surface area contributed by atoms with Crippen molar-refractivity contribution in [1.29, 1.82) is 0 Å². The summed E-state index contributed by atoms with van der Waals surface area (Å²) in [4.78, 5) is 25.1. The molecule has 0 radical (unpaired) electrons. The number of allylic oxidation sites excluding steroid dienone is 3. The van der Waals surface area contributed by atoms with Gasteiger partial charge < -0.3 is 15.0 Å². The number of unbranched alkanes of at least 4 members (excludes halogenated alkanes) is 2. The molecule has 2 aromatic carbocycles. The Morgan fingerprint density at radius 2 is 1.80 bits per heavy atom. The summed E-state index contributed by atoms with van der Waals surface area (Å²) in [7, 11) is 0. The summed E-state index contributed by atoms with van der Waals surface area (Å²) in [6.45, 7) is 6.61. The Hall–Kier alpha value is -3.03. The SMILES string of the molecule is CC(=O)N(/C=C/C=C/CC(C)(C)c1cc(SO)ccc1NCCCCCC(=O)O)c1ccccc1. The van der Waals surface area contributed by atoms with Gasteiger partial charge in [-0.2, -0.15) is 0 Å². The van der Waals surface area contributed by atoms with Crippen LogP contribution in [0.5, 0.6) is 0 Å². The highest BCUT2D eigenvalue weighted by Crippen LogP contribution is 2.36.